The zero-order valence-electron chi connectivity index (χ0n) is 11.3. The van der Waals surface area contributed by atoms with Gasteiger partial charge in [-0.05, 0) is 61.7 Å². The minimum atomic E-state index is -0.898. The Morgan fingerprint density at radius 1 is 0.947 bits per heavy atom. The van der Waals surface area contributed by atoms with E-state index in [-0.39, 0.29) is 18.7 Å². The molecule has 0 unspecified atom stereocenters. The minimum Gasteiger partial charge on any atom is -0.481 e. The molecule has 4 aliphatic rings. The highest BCUT2D eigenvalue weighted by Crippen LogP contribution is 2.56. The fraction of sp³-hybridized carbons (Fsp3) is 0.867. The Kier molecular flexibility index (Phi) is 3.50. The molecule has 0 saturated heterocycles. The Morgan fingerprint density at radius 2 is 1.53 bits per heavy atom. The monoisotopic (exact) mass is 265 g/mol. The number of nitrogens with one attached hydrogen (secondary N) is 1. The van der Waals surface area contributed by atoms with Gasteiger partial charge in [-0.25, -0.2) is 0 Å². The zero-order valence-corrected chi connectivity index (χ0v) is 11.3. The molecule has 19 heavy (non-hydrogen) atoms. The van der Waals surface area contributed by atoms with Crippen LogP contribution in [-0.2, 0) is 9.59 Å². The lowest BCUT2D eigenvalue weighted by Crippen LogP contribution is -2.49. The van der Waals surface area contributed by atoms with Crippen LogP contribution in [0.3, 0.4) is 0 Å². The van der Waals surface area contributed by atoms with E-state index in [1.165, 1.54) is 32.1 Å². The lowest BCUT2D eigenvalue weighted by Gasteiger charge is -2.54. The molecule has 4 bridgehead atoms. The van der Waals surface area contributed by atoms with E-state index in [0.717, 1.165) is 30.2 Å². The van der Waals surface area contributed by atoms with Crippen molar-refractivity contribution in [1.82, 2.24) is 5.32 Å². The van der Waals surface area contributed by atoms with Gasteiger partial charge in [-0.3, -0.25) is 9.59 Å². The minimum absolute atomic E-state index is 0.0620. The molecule has 4 rings (SSSR count). The molecular weight excluding hydrogens is 242 g/mol. The van der Waals surface area contributed by atoms with Gasteiger partial charge in [0.2, 0.25) is 5.91 Å². The predicted molar refractivity (Wildman–Crippen MR) is 70.4 cm³/mol. The van der Waals surface area contributed by atoms with Crippen molar-refractivity contribution in [3.8, 4) is 0 Å². The number of carboxylic acids is 1. The molecule has 0 aromatic rings. The van der Waals surface area contributed by atoms with Gasteiger partial charge in [0.15, 0.2) is 0 Å². The summed E-state index contributed by atoms with van der Waals surface area (Å²) >= 11 is 0. The summed E-state index contributed by atoms with van der Waals surface area (Å²) in [7, 11) is 0. The molecule has 0 spiro atoms. The number of carbonyl (C=O) groups is 2. The first kappa shape index (κ1) is 12.9. The predicted octanol–water partition coefficient (Wildman–Crippen LogP) is 2.04. The Labute approximate surface area is 113 Å². The van der Waals surface area contributed by atoms with Crippen molar-refractivity contribution in [2.45, 2.75) is 44.9 Å². The molecule has 0 atom stereocenters. The summed E-state index contributed by atoms with van der Waals surface area (Å²) in [6, 6.07) is 0. The van der Waals surface area contributed by atoms with Crippen molar-refractivity contribution in [2.75, 3.05) is 6.54 Å². The van der Waals surface area contributed by atoms with Crippen molar-refractivity contribution in [2.24, 2.45) is 29.6 Å². The SMILES string of the molecule is O=C(O)CCC(=O)NCC1C2CC3CC(C2)CC1C3. The Morgan fingerprint density at radius 3 is 2.05 bits per heavy atom. The summed E-state index contributed by atoms with van der Waals surface area (Å²) in [5.74, 6) is 3.21. The highest BCUT2D eigenvalue weighted by molar-refractivity contribution is 5.80. The van der Waals surface area contributed by atoms with Gasteiger partial charge in [0, 0.05) is 13.0 Å². The summed E-state index contributed by atoms with van der Waals surface area (Å²) in [5, 5.41) is 11.5. The van der Waals surface area contributed by atoms with Crippen molar-refractivity contribution in [3.63, 3.8) is 0 Å². The largest absolute Gasteiger partial charge is 0.481 e. The number of amides is 1. The van der Waals surface area contributed by atoms with Gasteiger partial charge in [0.05, 0.1) is 6.42 Å². The smallest absolute Gasteiger partial charge is 0.303 e. The van der Waals surface area contributed by atoms with Crippen LogP contribution in [0.4, 0.5) is 0 Å². The van der Waals surface area contributed by atoms with Crippen LogP contribution in [0.2, 0.25) is 0 Å². The third-order valence-electron chi connectivity index (χ3n) is 5.52. The van der Waals surface area contributed by atoms with Crippen molar-refractivity contribution < 1.29 is 14.7 Å². The Hall–Kier alpha value is -1.06. The second-order valence-corrected chi connectivity index (χ2v) is 6.79. The molecule has 4 fully saturated rings. The summed E-state index contributed by atoms with van der Waals surface area (Å²) in [4.78, 5) is 22.0. The third-order valence-corrected chi connectivity index (χ3v) is 5.52. The molecule has 1 amide bonds. The topological polar surface area (TPSA) is 66.4 Å². The van der Waals surface area contributed by atoms with Crippen LogP contribution in [0.1, 0.15) is 44.9 Å². The maximum atomic E-state index is 11.6. The average Bonchev–Trinajstić information content (AvgIpc) is 2.34. The van der Waals surface area contributed by atoms with Gasteiger partial charge in [0.25, 0.3) is 0 Å². The van der Waals surface area contributed by atoms with Gasteiger partial charge < -0.3 is 10.4 Å². The Bertz CT molecular complexity index is 352. The van der Waals surface area contributed by atoms with Gasteiger partial charge in [-0.1, -0.05) is 0 Å². The van der Waals surface area contributed by atoms with E-state index in [1.54, 1.807) is 0 Å². The van der Waals surface area contributed by atoms with Crippen molar-refractivity contribution >= 4 is 11.9 Å². The number of hydrogen-bond donors (Lipinski definition) is 2. The summed E-state index contributed by atoms with van der Waals surface area (Å²) in [6.45, 7) is 0.771. The van der Waals surface area contributed by atoms with Crippen LogP contribution in [0.25, 0.3) is 0 Å². The van der Waals surface area contributed by atoms with Crippen molar-refractivity contribution in [1.29, 1.82) is 0 Å². The van der Waals surface area contributed by atoms with Crippen LogP contribution in [0.15, 0.2) is 0 Å². The molecule has 106 valence electrons. The second kappa shape index (κ2) is 5.14. The van der Waals surface area contributed by atoms with E-state index >= 15 is 0 Å². The molecule has 0 heterocycles. The fourth-order valence-electron chi connectivity index (χ4n) is 4.91. The van der Waals surface area contributed by atoms with E-state index in [0.29, 0.717) is 5.92 Å². The molecule has 4 aliphatic carbocycles. The van der Waals surface area contributed by atoms with E-state index < -0.39 is 5.97 Å². The van der Waals surface area contributed by atoms with Crippen LogP contribution in [0.5, 0.6) is 0 Å². The number of hydrogen-bond acceptors (Lipinski definition) is 2. The van der Waals surface area contributed by atoms with Crippen LogP contribution in [-0.4, -0.2) is 23.5 Å². The third kappa shape index (κ3) is 2.77. The number of aliphatic carboxylic acids is 1. The Balaban J connectivity index is 1.48. The molecule has 0 aliphatic heterocycles. The maximum absolute atomic E-state index is 11.6. The second-order valence-electron chi connectivity index (χ2n) is 6.79. The van der Waals surface area contributed by atoms with Crippen LogP contribution >= 0.6 is 0 Å². The zero-order chi connectivity index (χ0) is 13.4. The highest BCUT2D eigenvalue weighted by Gasteiger charge is 2.47. The molecule has 0 aromatic carbocycles. The molecule has 4 nitrogen and oxygen atoms in total. The maximum Gasteiger partial charge on any atom is 0.303 e. The standard InChI is InChI=1S/C15H23NO3/c17-14(1-2-15(18)19)16-8-13-11-4-9-3-10(6-11)7-12(13)5-9/h9-13H,1-8H2,(H,16,17)(H,18,19). The van der Waals surface area contributed by atoms with E-state index in [1.807, 2.05) is 0 Å². The van der Waals surface area contributed by atoms with Gasteiger partial charge in [-0.15, -0.1) is 0 Å². The molecule has 0 aromatic heterocycles. The number of rotatable bonds is 5. The summed E-state index contributed by atoms with van der Waals surface area (Å²) < 4.78 is 0. The first-order chi connectivity index (χ1) is 9.11. The fourth-order valence-corrected chi connectivity index (χ4v) is 4.91. The average molecular weight is 265 g/mol. The quantitative estimate of drug-likeness (QED) is 0.799. The number of carboxylic acid groups (broad SMARTS) is 1. The molecule has 4 saturated carbocycles. The van der Waals surface area contributed by atoms with Gasteiger partial charge in [0.1, 0.15) is 0 Å². The van der Waals surface area contributed by atoms with Gasteiger partial charge >= 0.3 is 5.97 Å². The lowest BCUT2D eigenvalue weighted by molar-refractivity contribution is -0.139. The first-order valence-electron chi connectivity index (χ1n) is 7.60. The lowest BCUT2D eigenvalue weighted by atomic mass is 9.52. The highest BCUT2D eigenvalue weighted by atomic mass is 16.4. The molecule has 2 N–H and O–H groups in total. The van der Waals surface area contributed by atoms with E-state index in [4.69, 9.17) is 5.11 Å². The van der Waals surface area contributed by atoms with E-state index in [2.05, 4.69) is 5.32 Å². The number of carbonyl (C=O) groups excluding carboxylic acids is 1. The molecular formula is C15H23NO3. The normalized spacial score (nSPS) is 39.3. The van der Waals surface area contributed by atoms with E-state index in [9.17, 15) is 9.59 Å². The van der Waals surface area contributed by atoms with Gasteiger partial charge in [-0.2, -0.15) is 0 Å². The van der Waals surface area contributed by atoms with Crippen LogP contribution in [0, 0.1) is 29.6 Å². The molecule has 0 radical (unpaired) electrons. The van der Waals surface area contributed by atoms with Crippen LogP contribution < -0.4 is 5.32 Å². The van der Waals surface area contributed by atoms with Crippen molar-refractivity contribution in [3.05, 3.63) is 0 Å². The summed E-state index contributed by atoms with van der Waals surface area (Å²) in [5.41, 5.74) is 0. The first-order valence-corrected chi connectivity index (χ1v) is 7.60. The molecule has 4 heteroatoms. The summed E-state index contributed by atoms with van der Waals surface area (Å²) in [6.07, 6.45) is 6.96.